The molecule has 0 aliphatic carbocycles. The molecule has 33 heavy (non-hydrogen) atoms. The highest BCUT2D eigenvalue weighted by atomic mass is 16.5. The van der Waals surface area contributed by atoms with E-state index in [2.05, 4.69) is 9.97 Å². The first-order chi connectivity index (χ1) is 16.1. The van der Waals surface area contributed by atoms with Crippen LogP contribution in [0.2, 0.25) is 0 Å². The molecule has 1 saturated heterocycles. The minimum Gasteiger partial charge on any atom is -0.492 e. The monoisotopic (exact) mass is 444 g/mol. The van der Waals surface area contributed by atoms with Crippen molar-refractivity contribution in [3.63, 3.8) is 0 Å². The molecule has 3 aromatic rings. The molecule has 2 amide bonds. The topological polar surface area (TPSA) is 75.6 Å². The van der Waals surface area contributed by atoms with E-state index < -0.39 is 0 Å². The van der Waals surface area contributed by atoms with Crippen molar-refractivity contribution in [3.05, 3.63) is 90.0 Å². The van der Waals surface area contributed by atoms with Gasteiger partial charge in [-0.25, -0.2) is 0 Å². The minimum atomic E-state index is -0.0820. The maximum absolute atomic E-state index is 12.7. The van der Waals surface area contributed by atoms with Crippen LogP contribution in [0.3, 0.4) is 0 Å². The zero-order valence-corrected chi connectivity index (χ0v) is 18.8. The highest BCUT2D eigenvalue weighted by molar-refractivity contribution is 5.93. The molecule has 1 aliphatic rings. The Labute approximate surface area is 194 Å². The van der Waals surface area contributed by atoms with Crippen molar-refractivity contribution in [2.45, 2.75) is 18.8 Å². The van der Waals surface area contributed by atoms with Crippen LogP contribution in [-0.4, -0.2) is 64.9 Å². The molecule has 0 N–H and O–H groups in total. The number of aromatic nitrogens is 2. The maximum atomic E-state index is 12.7. The number of hydrogen-bond acceptors (Lipinski definition) is 5. The van der Waals surface area contributed by atoms with Crippen molar-refractivity contribution in [3.8, 4) is 5.75 Å². The van der Waals surface area contributed by atoms with Gasteiger partial charge in [-0.3, -0.25) is 19.6 Å². The van der Waals surface area contributed by atoms with Gasteiger partial charge < -0.3 is 14.5 Å². The molecule has 3 heterocycles. The first-order valence-electron chi connectivity index (χ1n) is 11.2. The predicted molar refractivity (Wildman–Crippen MR) is 125 cm³/mol. The van der Waals surface area contributed by atoms with Crippen LogP contribution >= 0.6 is 0 Å². The summed E-state index contributed by atoms with van der Waals surface area (Å²) in [7, 11) is 1.76. The minimum absolute atomic E-state index is 0.0257. The summed E-state index contributed by atoms with van der Waals surface area (Å²) >= 11 is 0. The zero-order valence-electron chi connectivity index (χ0n) is 18.8. The van der Waals surface area contributed by atoms with E-state index in [0.29, 0.717) is 37.5 Å². The number of amides is 2. The molecule has 2 aromatic heterocycles. The summed E-state index contributed by atoms with van der Waals surface area (Å²) in [5, 5.41) is 0. The lowest BCUT2D eigenvalue weighted by atomic mass is 9.92. The van der Waals surface area contributed by atoms with Crippen molar-refractivity contribution < 1.29 is 14.3 Å². The van der Waals surface area contributed by atoms with E-state index >= 15 is 0 Å². The fourth-order valence-electron chi connectivity index (χ4n) is 3.94. The SMILES string of the molecule is CN(CCOc1ccccc1)C(=O)c1ccc(C2CCN(C(=O)c3ccccn3)CC2)nc1. The van der Waals surface area contributed by atoms with Crippen molar-refractivity contribution in [1.29, 1.82) is 0 Å². The van der Waals surface area contributed by atoms with Crippen LogP contribution in [0.15, 0.2) is 73.1 Å². The van der Waals surface area contributed by atoms with Gasteiger partial charge >= 0.3 is 0 Å². The van der Waals surface area contributed by atoms with Gasteiger partial charge in [0, 0.05) is 44.1 Å². The Bertz CT molecular complexity index is 1050. The molecule has 0 spiro atoms. The average molecular weight is 445 g/mol. The Morgan fingerprint density at radius 2 is 1.76 bits per heavy atom. The van der Waals surface area contributed by atoms with Gasteiger partial charge in [0.15, 0.2) is 0 Å². The number of benzene rings is 1. The number of ether oxygens (including phenoxy) is 1. The third-order valence-electron chi connectivity index (χ3n) is 5.90. The van der Waals surface area contributed by atoms with Gasteiger partial charge in [0.05, 0.1) is 12.1 Å². The quantitative estimate of drug-likeness (QED) is 0.556. The van der Waals surface area contributed by atoms with Gasteiger partial charge in [0.1, 0.15) is 18.1 Å². The number of carbonyl (C=O) groups is 2. The Morgan fingerprint density at radius 1 is 1.00 bits per heavy atom. The number of pyridine rings is 2. The summed E-state index contributed by atoms with van der Waals surface area (Å²) < 4.78 is 5.67. The summed E-state index contributed by atoms with van der Waals surface area (Å²) in [6, 6.07) is 18.7. The van der Waals surface area contributed by atoms with Gasteiger partial charge in [-0.15, -0.1) is 0 Å². The Kier molecular flexibility index (Phi) is 7.29. The van der Waals surface area contributed by atoms with Crippen molar-refractivity contribution in [1.82, 2.24) is 19.8 Å². The van der Waals surface area contributed by atoms with Crippen LogP contribution in [0.5, 0.6) is 5.75 Å². The molecule has 170 valence electrons. The van der Waals surface area contributed by atoms with E-state index in [1.807, 2.05) is 53.4 Å². The van der Waals surface area contributed by atoms with E-state index in [0.717, 1.165) is 24.3 Å². The number of carbonyl (C=O) groups excluding carboxylic acids is 2. The van der Waals surface area contributed by atoms with E-state index in [9.17, 15) is 9.59 Å². The smallest absolute Gasteiger partial charge is 0.272 e. The third-order valence-corrected chi connectivity index (χ3v) is 5.90. The summed E-state index contributed by atoms with van der Waals surface area (Å²) in [4.78, 5) is 37.5. The van der Waals surface area contributed by atoms with E-state index in [1.165, 1.54) is 0 Å². The summed E-state index contributed by atoms with van der Waals surface area (Å²) in [5.74, 6) is 0.958. The Hall–Kier alpha value is -3.74. The number of hydrogen-bond donors (Lipinski definition) is 0. The molecule has 0 bridgehead atoms. The number of piperidine rings is 1. The van der Waals surface area contributed by atoms with Gasteiger partial charge in [0.2, 0.25) is 0 Å². The van der Waals surface area contributed by atoms with Crippen LogP contribution in [0.4, 0.5) is 0 Å². The van der Waals surface area contributed by atoms with Crippen molar-refractivity contribution in [2.75, 3.05) is 33.3 Å². The van der Waals surface area contributed by atoms with Gasteiger partial charge in [0.25, 0.3) is 11.8 Å². The van der Waals surface area contributed by atoms with E-state index in [-0.39, 0.29) is 17.7 Å². The molecule has 1 fully saturated rings. The van der Waals surface area contributed by atoms with Crippen molar-refractivity contribution in [2.24, 2.45) is 0 Å². The van der Waals surface area contributed by atoms with Gasteiger partial charge in [-0.1, -0.05) is 24.3 Å². The first-order valence-corrected chi connectivity index (χ1v) is 11.2. The fraction of sp³-hybridized carbons (Fsp3) is 0.308. The lowest BCUT2D eigenvalue weighted by molar-refractivity contribution is 0.0705. The maximum Gasteiger partial charge on any atom is 0.272 e. The van der Waals surface area contributed by atoms with Crippen LogP contribution < -0.4 is 4.74 Å². The average Bonchev–Trinajstić information content (AvgIpc) is 2.89. The highest BCUT2D eigenvalue weighted by Gasteiger charge is 2.26. The molecule has 0 saturated carbocycles. The molecule has 0 atom stereocenters. The highest BCUT2D eigenvalue weighted by Crippen LogP contribution is 2.27. The molecule has 0 unspecified atom stereocenters. The molecule has 0 radical (unpaired) electrons. The van der Waals surface area contributed by atoms with E-state index in [4.69, 9.17) is 4.74 Å². The second kappa shape index (κ2) is 10.7. The van der Waals surface area contributed by atoms with Crippen LogP contribution in [0.1, 0.15) is 45.3 Å². The van der Waals surface area contributed by atoms with Crippen molar-refractivity contribution >= 4 is 11.8 Å². The normalized spacial score (nSPS) is 14.0. The van der Waals surface area contributed by atoms with E-state index in [1.54, 1.807) is 36.5 Å². The standard InChI is InChI=1S/C26H28N4O3/c1-29(17-18-33-22-7-3-2-4-8-22)25(31)21-10-11-23(28-19-21)20-12-15-30(16-13-20)26(32)24-9-5-6-14-27-24/h2-11,14,19-20H,12-13,15-18H2,1H3. The number of likely N-dealkylation sites (tertiary alicyclic amines) is 1. The Balaban J connectivity index is 1.26. The zero-order chi connectivity index (χ0) is 23.0. The van der Waals surface area contributed by atoms with Gasteiger partial charge in [-0.05, 0) is 49.2 Å². The second-order valence-electron chi connectivity index (χ2n) is 8.14. The van der Waals surface area contributed by atoms with Crippen LogP contribution in [0, 0.1) is 0 Å². The number of rotatable bonds is 7. The fourth-order valence-corrected chi connectivity index (χ4v) is 3.94. The summed E-state index contributed by atoms with van der Waals surface area (Å²) in [5.41, 5.74) is 2.01. The second-order valence-corrected chi connectivity index (χ2v) is 8.14. The summed E-state index contributed by atoms with van der Waals surface area (Å²) in [6.45, 7) is 2.25. The largest absolute Gasteiger partial charge is 0.492 e. The first kappa shape index (κ1) is 22.5. The predicted octanol–water partition coefficient (Wildman–Crippen LogP) is 3.65. The molecular weight excluding hydrogens is 416 g/mol. The summed E-state index contributed by atoms with van der Waals surface area (Å²) in [6.07, 6.45) is 4.98. The third kappa shape index (κ3) is 5.74. The molecule has 7 nitrogen and oxygen atoms in total. The number of nitrogens with zero attached hydrogens (tertiary/aromatic N) is 4. The number of para-hydroxylation sites is 1. The number of likely N-dealkylation sites (N-methyl/N-ethyl adjacent to an activating group) is 1. The molecule has 1 aromatic carbocycles. The lowest BCUT2D eigenvalue weighted by Crippen LogP contribution is -2.38. The molecule has 7 heteroatoms. The lowest BCUT2D eigenvalue weighted by Gasteiger charge is -2.31. The van der Waals surface area contributed by atoms with Gasteiger partial charge in [-0.2, -0.15) is 0 Å². The van der Waals surface area contributed by atoms with Crippen LogP contribution in [0.25, 0.3) is 0 Å². The van der Waals surface area contributed by atoms with Crippen LogP contribution in [-0.2, 0) is 0 Å². The Morgan fingerprint density at radius 3 is 2.42 bits per heavy atom. The molecular formula is C26H28N4O3. The molecule has 1 aliphatic heterocycles. The molecule has 4 rings (SSSR count).